The predicted molar refractivity (Wildman–Crippen MR) is 24.1 cm³/mol. The molecular formula is C4H8O3. The van der Waals surface area contributed by atoms with Crippen LogP contribution in [0.5, 0.6) is 0 Å². The van der Waals surface area contributed by atoms with Crippen molar-refractivity contribution in [3.63, 3.8) is 0 Å². The van der Waals surface area contributed by atoms with E-state index in [2.05, 4.69) is 4.74 Å². The van der Waals surface area contributed by atoms with Crippen LogP contribution in [0.1, 0.15) is 6.92 Å². The van der Waals surface area contributed by atoms with Crippen LogP contribution in [-0.4, -0.2) is 24.3 Å². The molecule has 3 nitrogen and oxygen atoms in total. The topological polar surface area (TPSA) is 46.5 Å². The summed E-state index contributed by atoms with van der Waals surface area (Å²) >= 11 is 0. The number of methoxy groups -OCH3 is 1. The molecule has 1 N–H and O–H groups in total. The van der Waals surface area contributed by atoms with Crippen LogP contribution in [0.15, 0.2) is 0 Å². The van der Waals surface area contributed by atoms with Crippen LogP contribution in [-0.2, 0) is 9.53 Å². The highest BCUT2D eigenvalue weighted by atomic mass is 16.5. The van der Waals surface area contributed by atoms with Crippen molar-refractivity contribution in [3.8, 4) is 0 Å². The highest BCUT2D eigenvalue weighted by Gasteiger charge is 2.06. The first-order chi connectivity index (χ1) is 3.18. The number of carbonyl (C=O) groups is 1. The zero-order valence-corrected chi connectivity index (χ0v) is 4.34. The van der Waals surface area contributed by atoms with Gasteiger partial charge in [-0.3, -0.25) is 0 Å². The van der Waals surface area contributed by atoms with E-state index in [4.69, 9.17) is 5.11 Å². The molecule has 1 unspecified atom stereocenters. The van der Waals surface area contributed by atoms with Crippen LogP contribution in [0, 0.1) is 0 Å². The molecule has 0 aromatic rings. The van der Waals surface area contributed by atoms with E-state index in [1.807, 2.05) is 0 Å². The van der Waals surface area contributed by atoms with Gasteiger partial charge in [-0.25, -0.2) is 4.79 Å². The van der Waals surface area contributed by atoms with Crippen molar-refractivity contribution in [1.29, 1.82) is 0 Å². The molecule has 0 saturated heterocycles. The van der Waals surface area contributed by atoms with Crippen molar-refractivity contribution in [2.24, 2.45) is 0 Å². The van der Waals surface area contributed by atoms with E-state index < -0.39 is 12.1 Å². The van der Waals surface area contributed by atoms with E-state index in [0.717, 1.165) is 0 Å². The average Bonchev–Trinajstić information content (AvgIpc) is 1.65. The Labute approximate surface area is 41.9 Å². The van der Waals surface area contributed by atoms with Gasteiger partial charge in [-0.2, -0.15) is 0 Å². The molecule has 0 rings (SSSR count). The average molecular weight is 104 g/mol. The normalized spacial score (nSPS) is 13.4. The van der Waals surface area contributed by atoms with Crippen LogP contribution < -0.4 is 0 Å². The second-order valence-corrected chi connectivity index (χ2v) is 1.22. The van der Waals surface area contributed by atoms with Crippen molar-refractivity contribution >= 4 is 5.97 Å². The Morgan fingerprint density at radius 3 is 2.29 bits per heavy atom. The van der Waals surface area contributed by atoms with Gasteiger partial charge in [-0.15, -0.1) is 0 Å². The third-order valence-corrected chi connectivity index (χ3v) is 0.701. The van der Waals surface area contributed by atoms with Crippen molar-refractivity contribution in [3.05, 3.63) is 0 Å². The van der Waals surface area contributed by atoms with Gasteiger partial charge in [0, 0.05) is 7.11 Å². The van der Waals surface area contributed by atoms with Gasteiger partial charge in [0.1, 0.15) is 0 Å². The van der Waals surface area contributed by atoms with Gasteiger partial charge in [0.15, 0.2) is 6.10 Å². The molecular weight excluding hydrogens is 96.0 g/mol. The monoisotopic (exact) mass is 104 g/mol. The first-order valence-electron chi connectivity index (χ1n) is 1.94. The van der Waals surface area contributed by atoms with Gasteiger partial charge >= 0.3 is 5.97 Å². The summed E-state index contributed by atoms with van der Waals surface area (Å²) in [5.41, 5.74) is 0. The molecule has 3 heteroatoms. The van der Waals surface area contributed by atoms with E-state index in [1.54, 1.807) is 0 Å². The number of carboxylic acids is 1. The first kappa shape index (κ1) is 6.43. The van der Waals surface area contributed by atoms with Crippen LogP contribution in [0.25, 0.3) is 0 Å². The molecule has 0 fully saturated rings. The van der Waals surface area contributed by atoms with Gasteiger partial charge < -0.3 is 9.84 Å². The largest absolute Gasteiger partial charge is 0.479 e. The van der Waals surface area contributed by atoms with Crippen LogP contribution in [0.2, 0.25) is 0 Å². The van der Waals surface area contributed by atoms with Crippen molar-refractivity contribution < 1.29 is 14.6 Å². The number of rotatable bonds is 2. The zero-order valence-electron chi connectivity index (χ0n) is 4.34. The van der Waals surface area contributed by atoms with Crippen LogP contribution >= 0.6 is 0 Å². The summed E-state index contributed by atoms with van der Waals surface area (Å²) in [7, 11) is 1.36. The van der Waals surface area contributed by atoms with Gasteiger partial charge in [-0.05, 0) is 6.92 Å². The molecule has 0 saturated carbocycles. The van der Waals surface area contributed by atoms with Gasteiger partial charge in [0.2, 0.25) is 0 Å². The molecule has 0 aliphatic heterocycles. The summed E-state index contributed by atoms with van der Waals surface area (Å²) < 4.78 is 4.41. The fraction of sp³-hybridized carbons (Fsp3) is 0.750. The maximum atomic E-state index is 9.81. The fourth-order valence-corrected chi connectivity index (χ4v) is 0.101. The van der Waals surface area contributed by atoms with Crippen LogP contribution in [0.3, 0.4) is 0 Å². The smallest absolute Gasteiger partial charge is 0.332 e. The second-order valence-electron chi connectivity index (χ2n) is 1.22. The van der Waals surface area contributed by atoms with E-state index in [9.17, 15) is 4.79 Å². The van der Waals surface area contributed by atoms with E-state index in [-0.39, 0.29) is 0 Å². The summed E-state index contributed by atoms with van der Waals surface area (Å²) in [5, 5.41) is 8.06. The van der Waals surface area contributed by atoms with Gasteiger partial charge in [0.25, 0.3) is 0 Å². The van der Waals surface area contributed by atoms with E-state index in [0.29, 0.717) is 0 Å². The maximum absolute atomic E-state index is 9.81. The lowest BCUT2D eigenvalue weighted by atomic mass is 10.4. The number of hydrogen-bond acceptors (Lipinski definition) is 2. The van der Waals surface area contributed by atoms with Crippen molar-refractivity contribution in [1.82, 2.24) is 0 Å². The molecule has 0 spiro atoms. The molecule has 0 aliphatic carbocycles. The molecule has 1 atom stereocenters. The molecule has 0 aliphatic rings. The van der Waals surface area contributed by atoms with Crippen molar-refractivity contribution in [2.45, 2.75) is 13.0 Å². The Hall–Kier alpha value is -0.570. The molecule has 0 aromatic carbocycles. The number of hydrogen-bond donors (Lipinski definition) is 1. The third kappa shape index (κ3) is 2.17. The Balaban J connectivity index is 3.34. The highest BCUT2D eigenvalue weighted by Crippen LogP contribution is 1.83. The Bertz CT molecular complexity index is 69.3. The molecule has 42 valence electrons. The molecule has 7 heavy (non-hydrogen) atoms. The maximum Gasteiger partial charge on any atom is 0.332 e. The molecule has 0 amide bonds. The summed E-state index contributed by atoms with van der Waals surface area (Å²) in [6, 6.07) is 0. The number of carboxylic acid groups (broad SMARTS) is 1. The minimum Gasteiger partial charge on any atom is -0.479 e. The number of aliphatic carboxylic acids is 1. The molecule has 0 bridgehead atoms. The van der Waals surface area contributed by atoms with Gasteiger partial charge in [0.05, 0.1) is 0 Å². The van der Waals surface area contributed by atoms with E-state index >= 15 is 0 Å². The second kappa shape index (κ2) is 2.58. The Morgan fingerprint density at radius 2 is 2.29 bits per heavy atom. The Morgan fingerprint density at radius 1 is 1.86 bits per heavy atom. The SMILES string of the molecule is COC(C)C(=O)O. The Kier molecular flexibility index (Phi) is 2.37. The predicted octanol–water partition coefficient (Wildman–Crippen LogP) is 0.106. The van der Waals surface area contributed by atoms with E-state index in [1.165, 1.54) is 14.0 Å². The van der Waals surface area contributed by atoms with Crippen molar-refractivity contribution in [2.75, 3.05) is 7.11 Å². The standard InChI is InChI=1S/C4H8O3/c1-3(7-2)4(5)6/h3H,1-2H3,(H,5,6). The highest BCUT2D eigenvalue weighted by molar-refractivity contribution is 5.71. The summed E-state index contributed by atoms with van der Waals surface area (Å²) in [6.45, 7) is 1.47. The quantitative estimate of drug-likeness (QED) is 0.540. The number of ether oxygens (including phenoxy) is 1. The lowest BCUT2D eigenvalue weighted by Crippen LogP contribution is -2.17. The zero-order chi connectivity index (χ0) is 5.86. The summed E-state index contributed by atoms with van der Waals surface area (Å²) in [5.74, 6) is -0.928. The summed E-state index contributed by atoms with van der Waals surface area (Å²) in [6.07, 6.45) is -0.681. The lowest BCUT2D eigenvalue weighted by Gasteiger charge is -1.98. The third-order valence-electron chi connectivity index (χ3n) is 0.701. The molecule has 0 heterocycles. The minimum absolute atomic E-state index is 0.681. The minimum atomic E-state index is -0.928. The molecule has 0 radical (unpaired) electrons. The van der Waals surface area contributed by atoms with Gasteiger partial charge in [-0.1, -0.05) is 0 Å². The lowest BCUT2D eigenvalue weighted by molar-refractivity contribution is -0.147. The fourth-order valence-electron chi connectivity index (χ4n) is 0.101. The molecule has 0 aromatic heterocycles. The summed E-state index contributed by atoms with van der Waals surface area (Å²) in [4.78, 5) is 9.81. The van der Waals surface area contributed by atoms with Crippen LogP contribution in [0.4, 0.5) is 0 Å². The first-order valence-corrected chi connectivity index (χ1v) is 1.94.